The maximum atomic E-state index is 12.8. The van der Waals surface area contributed by atoms with Crippen LogP contribution >= 0.6 is 11.3 Å². The Morgan fingerprint density at radius 2 is 2.26 bits per heavy atom. The van der Waals surface area contributed by atoms with Gasteiger partial charge in [-0.05, 0) is 44.5 Å². The predicted octanol–water partition coefficient (Wildman–Crippen LogP) is 2.42. The third-order valence-corrected chi connectivity index (χ3v) is 6.16. The molecular formula is C19H21N5O2S. The monoisotopic (exact) mass is 383 g/mol. The van der Waals surface area contributed by atoms with E-state index in [0.29, 0.717) is 27.4 Å². The summed E-state index contributed by atoms with van der Waals surface area (Å²) < 4.78 is 1.42. The van der Waals surface area contributed by atoms with Gasteiger partial charge < -0.3 is 15.2 Å². The van der Waals surface area contributed by atoms with Gasteiger partial charge in [0.25, 0.3) is 11.5 Å². The van der Waals surface area contributed by atoms with E-state index in [4.69, 9.17) is 0 Å². The van der Waals surface area contributed by atoms with Crippen LogP contribution in [0, 0.1) is 6.92 Å². The Labute approximate surface area is 160 Å². The van der Waals surface area contributed by atoms with Crippen LogP contribution in [0.5, 0.6) is 0 Å². The van der Waals surface area contributed by atoms with Gasteiger partial charge in [0, 0.05) is 25.2 Å². The van der Waals surface area contributed by atoms with E-state index < -0.39 is 0 Å². The molecule has 0 radical (unpaired) electrons. The summed E-state index contributed by atoms with van der Waals surface area (Å²) >= 11 is 1.46. The lowest BCUT2D eigenvalue weighted by Gasteiger charge is -2.20. The largest absolute Gasteiger partial charge is 0.321 e. The van der Waals surface area contributed by atoms with Crippen molar-refractivity contribution in [2.75, 3.05) is 18.4 Å². The van der Waals surface area contributed by atoms with Crippen LogP contribution in [0.15, 0.2) is 29.3 Å². The maximum absolute atomic E-state index is 12.8. The van der Waals surface area contributed by atoms with Crippen LogP contribution in [-0.4, -0.2) is 33.5 Å². The lowest BCUT2D eigenvalue weighted by molar-refractivity contribution is 0.103. The molecule has 1 aliphatic rings. The number of nitrogens with one attached hydrogen (secondary N) is 2. The number of benzene rings is 1. The summed E-state index contributed by atoms with van der Waals surface area (Å²) in [6.07, 6.45) is 3.72. The predicted molar refractivity (Wildman–Crippen MR) is 107 cm³/mol. The van der Waals surface area contributed by atoms with Crippen molar-refractivity contribution < 1.29 is 4.79 Å². The van der Waals surface area contributed by atoms with Crippen molar-refractivity contribution in [1.29, 1.82) is 0 Å². The first-order chi connectivity index (χ1) is 13.0. The number of aromatic nitrogens is 3. The fourth-order valence-electron chi connectivity index (χ4n) is 3.34. The second kappa shape index (κ2) is 7.21. The van der Waals surface area contributed by atoms with Gasteiger partial charge in [0.05, 0.1) is 27.9 Å². The molecule has 1 atom stereocenters. The van der Waals surface area contributed by atoms with Gasteiger partial charge in [-0.1, -0.05) is 0 Å². The number of hydrogen-bond acceptors (Lipinski definition) is 6. The minimum absolute atomic E-state index is 0.142. The Morgan fingerprint density at radius 1 is 1.41 bits per heavy atom. The van der Waals surface area contributed by atoms with Gasteiger partial charge in [0.2, 0.25) is 0 Å². The lowest BCUT2D eigenvalue weighted by atomic mass is 10.0. The molecule has 2 aromatic heterocycles. The molecule has 1 unspecified atom stereocenters. The summed E-state index contributed by atoms with van der Waals surface area (Å²) in [6.45, 7) is 3.82. The van der Waals surface area contributed by atoms with Gasteiger partial charge >= 0.3 is 0 Å². The molecule has 1 saturated heterocycles. The molecule has 1 fully saturated rings. The Hall–Kier alpha value is -2.58. The second-order valence-corrected chi connectivity index (χ2v) is 7.89. The van der Waals surface area contributed by atoms with Crippen LogP contribution in [0.2, 0.25) is 0 Å². The molecule has 3 heterocycles. The van der Waals surface area contributed by atoms with Gasteiger partial charge in [0.1, 0.15) is 4.88 Å². The molecule has 0 saturated carbocycles. The molecule has 0 spiro atoms. The number of anilines is 1. The Bertz CT molecular complexity index is 1070. The van der Waals surface area contributed by atoms with Crippen LogP contribution < -0.4 is 16.2 Å². The molecule has 3 aromatic rings. The number of carbonyl (C=O) groups excluding carboxylic acids is 1. The number of amides is 1. The zero-order valence-corrected chi connectivity index (χ0v) is 16.1. The van der Waals surface area contributed by atoms with Crippen molar-refractivity contribution in [2.45, 2.75) is 25.7 Å². The molecule has 1 amide bonds. The SMILES string of the molecule is Cc1nc(C2CCCNC2)sc1C(=O)Nc1ccc2ncn(C)c(=O)c2c1. The number of carbonyl (C=O) groups is 1. The van der Waals surface area contributed by atoms with Gasteiger partial charge in [-0.15, -0.1) is 11.3 Å². The Balaban J connectivity index is 1.59. The molecular weight excluding hydrogens is 362 g/mol. The minimum Gasteiger partial charge on any atom is -0.321 e. The van der Waals surface area contributed by atoms with E-state index in [9.17, 15) is 9.59 Å². The first-order valence-corrected chi connectivity index (χ1v) is 9.79. The minimum atomic E-state index is -0.194. The van der Waals surface area contributed by atoms with E-state index in [1.54, 1.807) is 25.2 Å². The lowest BCUT2D eigenvalue weighted by Crippen LogP contribution is -2.28. The van der Waals surface area contributed by atoms with Crippen LogP contribution in [0.25, 0.3) is 10.9 Å². The Morgan fingerprint density at radius 3 is 3.04 bits per heavy atom. The third-order valence-electron chi connectivity index (χ3n) is 4.84. The highest BCUT2D eigenvalue weighted by atomic mass is 32.1. The van der Waals surface area contributed by atoms with Crippen molar-refractivity contribution in [1.82, 2.24) is 19.9 Å². The third kappa shape index (κ3) is 3.50. The van der Waals surface area contributed by atoms with Crippen LogP contribution in [0.1, 0.15) is 39.1 Å². The number of hydrogen-bond donors (Lipinski definition) is 2. The van der Waals surface area contributed by atoms with E-state index in [1.165, 1.54) is 22.2 Å². The number of aryl methyl sites for hydroxylation is 2. The molecule has 140 valence electrons. The molecule has 8 heteroatoms. The van der Waals surface area contributed by atoms with Crippen LogP contribution in [0.4, 0.5) is 5.69 Å². The van der Waals surface area contributed by atoms with E-state index >= 15 is 0 Å². The number of fused-ring (bicyclic) bond motifs is 1. The highest BCUT2D eigenvalue weighted by molar-refractivity contribution is 7.14. The van der Waals surface area contributed by atoms with Gasteiger partial charge in [0.15, 0.2) is 0 Å². The van der Waals surface area contributed by atoms with E-state index in [2.05, 4.69) is 20.6 Å². The summed E-state index contributed by atoms with van der Waals surface area (Å²) in [5, 5.41) is 7.78. The molecule has 1 aromatic carbocycles. The Kier molecular flexibility index (Phi) is 4.75. The standard InChI is InChI=1S/C19H21N5O2S/c1-11-16(27-18(22-11)12-4-3-7-20-9-12)17(25)23-13-5-6-15-14(8-13)19(26)24(2)10-21-15/h5-6,8,10,12,20H,3-4,7,9H2,1-2H3,(H,23,25). The van der Waals surface area contributed by atoms with Crippen molar-refractivity contribution in [3.05, 3.63) is 50.5 Å². The highest BCUT2D eigenvalue weighted by Crippen LogP contribution is 2.30. The van der Waals surface area contributed by atoms with E-state index in [1.807, 2.05) is 6.92 Å². The zero-order chi connectivity index (χ0) is 19.0. The summed E-state index contributed by atoms with van der Waals surface area (Å²) in [4.78, 5) is 34.5. The fourth-order valence-corrected chi connectivity index (χ4v) is 4.44. The quantitative estimate of drug-likeness (QED) is 0.725. The molecule has 0 bridgehead atoms. The van der Waals surface area contributed by atoms with Crippen molar-refractivity contribution in [3.63, 3.8) is 0 Å². The van der Waals surface area contributed by atoms with Crippen LogP contribution in [-0.2, 0) is 7.05 Å². The molecule has 2 N–H and O–H groups in total. The smallest absolute Gasteiger partial charge is 0.267 e. The van der Waals surface area contributed by atoms with Gasteiger partial charge in [-0.2, -0.15) is 0 Å². The fraction of sp³-hybridized carbons (Fsp3) is 0.368. The van der Waals surface area contributed by atoms with Crippen LogP contribution in [0.3, 0.4) is 0 Å². The second-order valence-electron chi connectivity index (χ2n) is 6.86. The molecule has 0 aliphatic carbocycles. The number of thiazole rings is 1. The number of rotatable bonds is 3. The summed E-state index contributed by atoms with van der Waals surface area (Å²) in [5.74, 6) is 0.179. The first-order valence-electron chi connectivity index (χ1n) is 8.97. The van der Waals surface area contributed by atoms with E-state index in [-0.39, 0.29) is 11.5 Å². The molecule has 1 aliphatic heterocycles. The molecule has 4 rings (SSSR count). The summed E-state index contributed by atoms with van der Waals surface area (Å²) in [5.41, 5.74) is 1.79. The number of nitrogens with zero attached hydrogens (tertiary/aromatic N) is 3. The summed E-state index contributed by atoms with van der Waals surface area (Å²) in [6, 6.07) is 5.17. The van der Waals surface area contributed by atoms with Crippen molar-refractivity contribution >= 4 is 33.8 Å². The average Bonchev–Trinajstić information content (AvgIpc) is 3.08. The molecule has 7 nitrogen and oxygen atoms in total. The first kappa shape index (κ1) is 17.8. The summed E-state index contributed by atoms with van der Waals surface area (Å²) in [7, 11) is 1.66. The maximum Gasteiger partial charge on any atom is 0.267 e. The molecule has 27 heavy (non-hydrogen) atoms. The average molecular weight is 383 g/mol. The van der Waals surface area contributed by atoms with Gasteiger partial charge in [-0.25, -0.2) is 9.97 Å². The van der Waals surface area contributed by atoms with Crippen molar-refractivity contribution in [3.8, 4) is 0 Å². The van der Waals surface area contributed by atoms with Gasteiger partial charge in [-0.3, -0.25) is 9.59 Å². The van der Waals surface area contributed by atoms with Crippen molar-refractivity contribution in [2.24, 2.45) is 7.05 Å². The number of piperidine rings is 1. The topological polar surface area (TPSA) is 88.9 Å². The van der Waals surface area contributed by atoms with E-state index in [0.717, 1.165) is 36.6 Å². The highest BCUT2D eigenvalue weighted by Gasteiger charge is 2.22. The zero-order valence-electron chi connectivity index (χ0n) is 15.3. The normalized spacial score (nSPS) is 17.2.